The highest BCUT2D eigenvalue weighted by Gasteiger charge is 2.43. The van der Waals surface area contributed by atoms with E-state index in [9.17, 15) is 14.4 Å². The van der Waals surface area contributed by atoms with Crippen molar-refractivity contribution in [3.63, 3.8) is 0 Å². The molecule has 0 radical (unpaired) electrons. The third-order valence-electron chi connectivity index (χ3n) is 5.05. The van der Waals surface area contributed by atoms with Crippen LogP contribution in [0.2, 0.25) is 0 Å². The van der Waals surface area contributed by atoms with Crippen molar-refractivity contribution >= 4 is 23.5 Å². The van der Waals surface area contributed by atoms with E-state index in [1.54, 1.807) is 43.3 Å². The number of nitrogens with zero attached hydrogens (tertiary/aromatic N) is 2. The first-order valence-electron chi connectivity index (χ1n) is 9.12. The van der Waals surface area contributed by atoms with E-state index < -0.39 is 0 Å². The molecule has 2 aromatic rings. The topological polar surface area (TPSA) is 66.9 Å². The molecule has 0 spiro atoms. The molecule has 0 aliphatic carbocycles. The van der Waals surface area contributed by atoms with E-state index in [0.717, 1.165) is 25.1 Å². The van der Waals surface area contributed by atoms with Gasteiger partial charge in [-0.25, -0.2) is 4.79 Å². The second kappa shape index (κ2) is 6.87. The molecule has 1 fully saturated rings. The first-order chi connectivity index (χ1) is 13.1. The third kappa shape index (κ3) is 2.87. The Kier molecular flexibility index (Phi) is 4.39. The fraction of sp³-hybridized carbons (Fsp3) is 0.286. The number of amides is 2. The zero-order chi connectivity index (χ0) is 19.0. The minimum atomic E-state index is -0.359. The van der Waals surface area contributed by atoms with E-state index in [4.69, 9.17) is 4.74 Å². The molecular weight excluding hydrogens is 344 g/mol. The lowest BCUT2D eigenvalue weighted by atomic mass is 10.1. The first-order valence-corrected chi connectivity index (χ1v) is 9.12. The van der Waals surface area contributed by atoms with E-state index in [1.165, 1.54) is 4.90 Å². The van der Waals surface area contributed by atoms with E-state index >= 15 is 0 Å². The number of imide groups is 1. The molecule has 1 saturated heterocycles. The Hall–Kier alpha value is -3.15. The third-order valence-corrected chi connectivity index (χ3v) is 5.05. The molecule has 0 aromatic heterocycles. The summed E-state index contributed by atoms with van der Waals surface area (Å²) in [5.41, 5.74) is 2.29. The molecule has 2 aliphatic heterocycles. The van der Waals surface area contributed by atoms with Crippen LogP contribution < -0.4 is 4.90 Å². The quantitative estimate of drug-likeness (QED) is 0.616. The Balaban J connectivity index is 1.59. The molecule has 2 aromatic carbocycles. The zero-order valence-electron chi connectivity index (χ0n) is 15.1. The molecule has 2 aliphatic rings. The fourth-order valence-corrected chi connectivity index (χ4v) is 3.80. The smallest absolute Gasteiger partial charge is 0.338 e. The Bertz CT molecular complexity index is 872. The Labute approximate surface area is 157 Å². The summed E-state index contributed by atoms with van der Waals surface area (Å²) in [6.07, 6.45) is 1.30. The number of esters is 1. The van der Waals surface area contributed by atoms with Gasteiger partial charge in [0.2, 0.25) is 0 Å². The SMILES string of the molecule is CCOC(=O)c1ccc(N2CCC[C@@H]2N2C(=O)c3ccccc3C2=O)cc1. The number of fused-ring (bicyclic) bond motifs is 1. The monoisotopic (exact) mass is 364 g/mol. The lowest BCUT2D eigenvalue weighted by molar-refractivity contribution is 0.0524. The lowest BCUT2D eigenvalue weighted by Gasteiger charge is -2.32. The van der Waals surface area contributed by atoms with Crippen LogP contribution in [0.3, 0.4) is 0 Å². The first kappa shape index (κ1) is 17.3. The molecule has 27 heavy (non-hydrogen) atoms. The van der Waals surface area contributed by atoms with E-state index in [1.807, 2.05) is 12.1 Å². The molecule has 2 amide bonds. The summed E-state index contributed by atoms with van der Waals surface area (Å²) in [6.45, 7) is 2.84. The van der Waals surface area contributed by atoms with Gasteiger partial charge in [-0.2, -0.15) is 0 Å². The molecule has 0 bridgehead atoms. The lowest BCUT2D eigenvalue weighted by Crippen LogP contribution is -2.47. The molecule has 1 atom stereocenters. The molecule has 0 N–H and O–H groups in total. The zero-order valence-corrected chi connectivity index (χ0v) is 15.1. The van der Waals surface area contributed by atoms with Gasteiger partial charge in [0.15, 0.2) is 0 Å². The number of hydrogen-bond donors (Lipinski definition) is 0. The number of rotatable bonds is 4. The summed E-state index contributed by atoms with van der Waals surface area (Å²) in [7, 11) is 0. The van der Waals surface area contributed by atoms with Crippen molar-refractivity contribution in [2.75, 3.05) is 18.1 Å². The minimum absolute atomic E-state index is 0.240. The Morgan fingerprint density at radius 2 is 1.67 bits per heavy atom. The average Bonchev–Trinajstić information content (AvgIpc) is 3.26. The van der Waals surface area contributed by atoms with Crippen LogP contribution in [0, 0.1) is 0 Å². The molecule has 2 heterocycles. The molecule has 0 unspecified atom stereocenters. The van der Waals surface area contributed by atoms with Crippen LogP contribution in [0.25, 0.3) is 0 Å². The number of carbonyl (C=O) groups is 3. The molecule has 6 heteroatoms. The average molecular weight is 364 g/mol. The molecule has 4 rings (SSSR count). The summed E-state index contributed by atoms with van der Waals surface area (Å²) in [5, 5.41) is 0. The van der Waals surface area contributed by atoms with Crippen molar-refractivity contribution in [3.8, 4) is 0 Å². The van der Waals surface area contributed by atoms with Crippen LogP contribution in [-0.2, 0) is 4.74 Å². The molecule has 138 valence electrons. The molecular formula is C21H20N2O4. The summed E-state index contributed by atoms with van der Waals surface area (Å²) in [6, 6.07) is 14.0. The summed E-state index contributed by atoms with van der Waals surface area (Å²) < 4.78 is 5.01. The summed E-state index contributed by atoms with van der Waals surface area (Å²) in [4.78, 5) is 40.9. The van der Waals surface area contributed by atoms with Gasteiger partial charge < -0.3 is 9.64 Å². The van der Waals surface area contributed by atoms with Crippen LogP contribution in [0.1, 0.15) is 50.8 Å². The number of carbonyl (C=O) groups excluding carboxylic acids is 3. The summed E-state index contributed by atoms with van der Waals surface area (Å²) >= 11 is 0. The van der Waals surface area contributed by atoms with Crippen LogP contribution >= 0.6 is 0 Å². The maximum Gasteiger partial charge on any atom is 0.338 e. The van der Waals surface area contributed by atoms with Crippen molar-refractivity contribution in [1.82, 2.24) is 4.90 Å². The van der Waals surface area contributed by atoms with Gasteiger partial charge in [0.25, 0.3) is 11.8 Å². The van der Waals surface area contributed by atoms with Gasteiger partial charge in [-0.05, 0) is 56.2 Å². The van der Waals surface area contributed by atoms with Crippen LogP contribution in [0.4, 0.5) is 5.69 Å². The summed E-state index contributed by atoms with van der Waals surface area (Å²) in [5.74, 6) is -0.839. The van der Waals surface area contributed by atoms with Crippen molar-refractivity contribution in [2.24, 2.45) is 0 Å². The highest BCUT2D eigenvalue weighted by Crippen LogP contribution is 2.33. The number of ether oxygens (including phenoxy) is 1. The number of benzene rings is 2. The van der Waals surface area contributed by atoms with Crippen molar-refractivity contribution in [2.45, 2.75) is 25.9 Å². The standard InChI is InChI=1S/C21H20N2O4/c1-2-27-21(26)14-9-11-15(12-10-14)22-13-5-8-18(22)23-19(24)16-6-3-4-7-17(16)20(23)25/h3-4,6-7,9-12,18H,2,5,8,13H2,1H3/t18-/m0/s1. The predicted octanol–water partition coefficient (Wildman–Crippen LogP) is 3.09. The van der Waals surface area contributed by atoms with E-state index in [2.05, 4.69) is 4.90 Å². The highest BCUT2D eigenvalue weighted by molar-refractivity contribution is 6.21. The minimum Gasteiger partial charge on any atom is -0.462 e. The number of anilines is 1. The van der Waals surface area contributed by atoms with Crippen LogP contribution in [0.15, 0.2) is 48.5 Å². The van der Waals surface area contributed by atoms with Crippen LogP contribution in [0.5, 0.6) is 0 Å². The second-order valence-electron chi connectivity index (χ2n) is 6.61. The van der Waals surface area contributed by atoms with Crippen molar-refractivity contribution in [3.05, 3.63) is 65.2 Å². The van der Waals surface area contributed by atoms with Gasteiger partial charge in [0, 0.05) is 12.2 Å². The normalized spacial score (nSPS) is 18.8. The predicted molar refractivity (Wildman–Crippen MR) is 99.7 cm³/mol. The van der Waals surface area contributed by atoms with E-state index in [0.29, 0.717) is 23.3 Å². The van der Waals surface area contributed by atoms with Gasteiger partial charge in [-0.15, -0.1) is 0 Å². The maximum absolute atomic E-state index is 12.8. The van der Waals surface area contributed by atoms with Crippen molar-refractivity contribution in [1.29, 1.82) is 0 Å². The number of hydrogen-bond acceptors (Lipinski definition) is 5. The fourth-order valence-electron chi connectivity index (χ4n) is 3.80. The Morgan fingerprint density at radius 1 is 1.04 bits per heavy atom. The van der Waals surface area contributed by atoms with E-state index in [-0.39, 0.29) is 23.9 Å². The van der Waals surface area contributed by atoms with Gasteiger partial charge in [-0.1, -0.05) is 12.1 Å². The largest absolute Gasteiger partial charge is 0.462 e. The van der Waals surface area contributed by atoms with Crippen molar-refractivity contribution < 1.29 is 19.1 Å². The van der Waals surface area contributed by atoms with Gasteiger partial charge in [0.1, 0.15) is 6.17 Å². The molecule has 6 nitrogen and oxygen atoms in total. The second-order valence-corrected chi connectivity index (χ2v) is 6.61. The highest BCUT2D eigenvalue weighted by atomic mass is 16.5. The Morgan fingerprint density at radius 3 is 2.26 bits per heavy atom. The van der Waals surface area contributed by atoms with Gasteiger partial charge in [-0.3, -0.25) is 14.5 Å². The van der Waals surface area contributed by atoms with Gasteiger partial charge in [0.05, 0.1) is 23.3 Å². The van der Waals surface area contributed by atoms with Gasteiger partial charge >= 0.3 is 5.97 Å². The maximum atomic E-state index is 12.8. The molecule has 0 saturated carbocycles. The van der Waals surface area contributed by atoms with Crippen LogP contribution in [-0.4, -0.2) is 42.0 Å².